The van der Waals surface area contributed by atoms with Crippen LogP contribution in [0.1, 0.15) is 46.8 Å². The van der Waals surface area contributed by atoms with Crippen molar-refractivity contribution in [2.45, 2.75) is 37.4 Å². The molecule has 0 atom stereocenters. The van der Waals surface area contributed by atoms with Gasteiger partial charge in [0.15, 0.2) is 0 Å². The number of carbonyl (C=O) groups excluding carboxylic acids is 1. The van der Waals surface area contributed by atoms with Crippen molar-refractivity contribution >= 4 is 32.5 Å². The highest BCUT2D eigenvalue weighted by atomic mass is 32.2. The number of esters is 1. The number of hydrogen-bond donors (Lipinski definition) is 1. The van der Waals surface area contributed by atoms with Crippen molar-refractivity contribution < 1.29 is 35.9 Å². The van der Waals surface area contributed by atoms with Crippen LogP contribution in [-0.2, 0) is 27.5 Å². The highest BCUT2D eigenvalue weighted by Gasteiger charge is 2.30. The van der Waals surface area contributed by atoms with Crippen LogP contribution in [0.4, 0.5) is 18.9 Å². The van der Waals surface area contributed by atoms with E-state index in [4.69, 9.17) is 9.47 Å². The Morgan fingerprint density at radius 1 is 0.844 bits per heavy atom. The van der Waals surface area contributed by atoms with Crippen molar-refractivity contribution in [3.63, 3.8) is 0 Å². The lowest BCUT2D eigenvalue weighted by Crippen LogP contribution is -2.17. The number of benzene rings is 5. The predicted molar refractivity (Wildman–Crippen MR) is 168 cm³/mol. The summed E-state index contributed by atoms with van der Waals surface area (Å²) < 4.78 is 79.3. The molecule has 0 fully saturated rings. The molecule has 10 heteroatoms. The molecule has 5 aromatic carbocycles. The van der Waals surface area contributed by atoms with Crippen LogP contribution in [0.15, 0.2) is 108 Å². The summed E-state index contributed by atoms with van der Waals surface area (Å²) in [6.45, 7) is 3.95. The third-order valence-corrected chi connectivity index (χ3v) is 8.69. The third-order valence-electron chi connectivity index (χ3n) is 7.32. The van der Waals surface area contributed by atoms with Gasteiger partial charge in [0.25, 0.3) is 10.0 Å². The van der Waals surface area contributed by atoms with E-state index >= 15 is 0 Å². The quantitative estimate of drug-likeness (QED) is 0.164. The van der Waals surface area contributed by atoms with Gasteiger partial charge < -0.3 is 9.47 Å². The Labute approximate surface area is 259 Å². The number of carbonyl (C=O) groups is 1. The van der Waals surface area contributed by atoms with Crippen LogP contribution in [0.3, 0.4) is 0 Å². The molecule has 0 bridgehead atoms. The lowest BCUT2D eigenvalue weighted by atomic mass is 9.90. The first-order chi connectivity index (χ1) is 21.4. The van der Waals surface area contributed by atoms with Crippen LogP contribution >= 0.6 is 0 Å². The largest absolute Gasteiger partial charge is 0.489 e. The smallest absolute Gasteiger partial charge is 0.416 e. The van der Waals surface area contributed by atoms with Crippen LogP contribution < -0.4 is 9.46 Å². The average Bonchev–Trinajstić information content (AvgIpc) is 3.02. The standard InChI is InChI=1S/C35H30F3NO5S/c1-22(2)30-20-33(39-45(41,42)29-16-15-24-7-4-5-8-26(24)17-29)32(34(40)43-3)19-31(30)25-13-11-23(12-14-25)21-44-28-10-6-9-27(18-28)35(36,37)38/h4-20,22,39H,21H2,1-3H3. The predicted octanol–water partition coefficient (Wildman–Crippen LogP) is 8.82. The van der Waals surface area contributed by atoms with E-state index in [-0.39, 0.29) is 34.4 Å². The Kier molecular flexibility index (Phi) is 8.88. The molecule has 1 N–H and O–H groups in total. The second-order valence-electron chi connectivity index (χ2n) is 10.8. The molecular formula is C35H30F3NO5S. The van der Waals surface area contributed by atoms with Crippen molar-refractivity contribution in [2.24, 2.45) is 0 Å². The van der Waals surface area contributed by atoms with Crippen molar-refractivity contribution in [3.8, 4) is 16.9 Å². The second-order valence-corrected chi connectivity index (χ2v) is 12.4. The fourth-order valence-corrected chi connectivity index (χ4v) is 6.06. The summed E-state index contributed by atoms with van der Waals surface area (Å²) in [5.41, 5.74) is 2.29. The molecule has 0 aliphatic rings. The van der Waals surface area contributed by atoms with Gasteiger partial charge in [0.05, 0.1) is 28.8 Å². The van der Waals surface area contributed by atoms with Gasteiger partial charge in [-0.05, 0) is 81.4 Å². The van der Waals surface area contributed by atoms with Crippen LogP contribution in [-0.4, -0.2) is 21.5 Å². The molecule has 0 saturated heterocycles. The number of fused-ring (bicyclic) bond motifs is 1. The molecule has 0 aliphatic carbocycles. The van der Waals surface area contributed by atoms with E-state index in [2.05, 4.69) is 4.72 Å². The molecule has 0 saturated carbocycles. The average molecular weight is 634 g/mol. The third kappa shape index (κ3) is 7.12. The summed E-state index contributed by atoms with van der Waals surface area (Å²) in [5.74, 6) is -0.672. The number of methoxy groups -OCH3 is 1. The Balaban J connectivity index is 1.45. The molecule has 5 rings (SSSR count). The summed E-state index contributed by atoms with van der Waals surface area (Å²) in [6.07, 6.45) is -4.47. The minimum atomic E-state index is -4.47. The number of hydrogen-bond acceptors (Lipinski definition) is 5. The van der Waals surface area contributed by atoms with Gasteiger partial charge in [-0.3, -0.25) is 4.72 Å². The summed E-state index contributed by atoms with van der Waals surface area (Å²) in [6, 6.07) is 27.3. The van der Waals surface area contributed by atoms with Gasteiger partial charge in [-0.25, -0.2) is 13.2 Å². The first kappa shape index (κ1) is 31.6. The zero-order valence-corrected chi connectivity index (χ0v) is 25.5. The highest BCUT2D eigenvalue weighted by Crippen LogP contribution is 2.36. The molecule has 0 unspecified atom stereocenters. The van der Waals surface area contributed by atoms with Crippen LogP contribution in [0.2, 0.25) is 0 Å². The number of alkyl halides is 3. The SMILES string of the molecule is COC(=O)c1cc(-c2ccc(COc3cccc(C(F)(F)F)c3)cc2)c(C(C)C)cc1NS(=O)(=O)c1ccc2ccccc2c1. The van der Waals surface area contributed by atoms with E-state index in [0.29, 0.717) is 5.56 Å². The van der Waals surface area contributed by atoms with Crippen molar-refractivity contribution in [1.82, 2.24) is 0 Å². The monoisotopic (exact) mass is 633 g/mol. The van der Waals surface area contributed by atoms with Crippen molar-refractivity contribution in [3.05, 3.63) is 125 Å². The Morgan fingerprint density at radius 3 is 2.22 bits per heavy atom. The first-order valence-corrected chi connectivity index (χ1v) is 15.5. The van der Waals surface area contributed by atoms with Gasteiger partial charge in [0.2, 0.25) is 0 Å². The molecular weight excluding hydrogens is 603 g/mol. The number of sulfonamides is 1. The molecule has 0 amide bonds. The number of rotatable bonds is 9. The van der Waals surface area contributed by atoms with E-state index in [9.17, 15) is 26.4 Å². The van der Waals surface area contributed by atoms with Crippen LogP contribution in [0.5, 0.6) is 5.75 Å². The Morgan fingerprint density at radius 2 is 1.56 bits per heavy atom. The Hall–Kier alpha value is -4.83. The van der Waals surface area contributed by atoms with Gasteiger partial charge in [0, 0.05) is 0 Å². The molecule has 0 aliphatic heterocycles. The van der Waals surface area contributed by atoms with E-state index < -0.39 is 27.7 Å². The van der Waals surface area contributed by atoms with Crippen molar-refractivity contribution in [1.29, 1.82) is 0 Å². The van der Waals surface area contributed by atoms with Gasteiger partial charge >= 0.3 is 12.1 Å². The summed E-state index contributed by atoms with van der Waals surface area (Å²) in [7, 11) is -2.85. The normalized spacial score (nSPS) is 11.9. The molecule has 0 spiro atoms. The zero-order valence-electron chi connectivity index (χ0n) is 24.7. The maximum atomic E-state index is 13.5. The fourth-order valence-electron chi connectivity index (χ4n) is 4.96. The minimum absolute atomic E-state index is 0.0400. The summed E-state index contributed by atoms with van der Waals surface area (Å²) in [5, 5.41) is 1.65. The highest BCUT2D eigenvalue weighted by molar-refractivity contribution is 7.92. The second kappa shape index (κ2) is 12.6. The lowest BCUT2D eigenvalue weighted by Gasteiger charge is -2.19. The van der Waals surface area contributed by atoms with Gasteiger partial charge in [-0.1, -0.05) is 74.5 Å². The number of ether oxygens (including phenoxy) is 2. The maximum Gasteiger partial charge on any atom is 0.416 e. The summed E-state index contributed by atoms with van der Waals surface area (Å²) in [4.78, 5) is 13.0. The minimum Gasteiger partial charge on any atom is -0.489 e. The lowest BCUT2D eigenvalue weighted by molar-refractivity contribution is -0.137. The number of anilines is 1. The first-order valence-electron chi connectivity index (χ1n) is 14.0. The topological polar surface area (TPSA) is 81.7 Å². The molecule has 5 aromatic rings. The molecule has 0 heterocycles. The molecule has 6 nitrogen and oxygen atoms in total. The van der Waals surface area contributed by atoms with Gasteiger partial charge in [0.1, 0.15) is 12.4 Å². The fraction of sp³-hybridized carbons (Fsp3) is 0.171. The molecule has 0 radical (unpaired) electrons. The van der Waals surface area contributed by atoms with Crippen LogP contribution in [0.25, 0.3) is 21.9 Å². The zero-order chi connectivity index (χ0) is 32.4. The van der Waals surface area contributed by atoms with Gasteiger partial charge in [-0.15, -0.1) is 0 Å². The molecule has 45 heavy (non-hydrogen) atoms. The maximum absolute atomic E-state index is 13.5. The molecule has 232 valence electrons. The van der Waals surface area contributed by atoms with Gasteiger partial charge in [-0.2, -0.15) is 13.2 Å². The van der Waals surface area contributed by atoms with E-state index in [1.807, 2.05) is 50.2 Å². The van der Waals surface area contributed by atoms with E-state index in [0.717, 1.165) is 39.6 Å². The van der Waals surface area contributed by atoms with E-state index in [1.165, 1.54) is 25.3 Å². The summed E-state index contributed by atoms with van der Waals surface area (Å²) >= 11 is 0. The number of halogens is 3. The van der Waals surface area contributed by atoms with Crippen molar-refractivity contribution in [2.75, 3.05) is 11.8 Å². The van der Waals surface area contributed by atoms with Crippen LogP contribution in [0, 0.1) is 0 Å². The molecule has 0 aromatic heterocycles. The Bertz CT molecular complexity index is 1970. The number of nitrogens with one attached hydrogen (secondary N) is 1. The van der Waals surface area contributed by atoms with E-state index in [1.54, 1.807) is 36.4 Å².